The van der Waals surface area contributed by atoms with Gasteiger partial charge in [-0.1, -0.05) is 18.2 Å². The quantitative estimate of drug-likeness (QED) is 0.731. The first kappa shape index (κ1) is 14.0. The van der Waals surface area contributed by atoms with E-state index >= 15 is 0 Å². The normalized spacial score (nSPS) is 10.2. The molecule has 20 heavy (non-hydrogen) atoms. The van der Waals surface area contributed by atoms with Crippen molar-refractivity contribution in [3.05, 3.63) is 30.3 Å². The zero-order valence-corrected chi connectivity index (χ0v) is 11.1. The van der Waals surface area contributed by atoms with E-state index in [-0.39, 0.29) is 18.4 Å². The molecule has 2 N–H and O–H groups in total. The second kappa shape index (κ2) is 7.25. The smallest absolute Gasteiger partial charge is 0.264 e. The lowest BCUT2D eigenvalue weighted by atomic mass is 10.2. The van der Waals surface area contributed by atoms with Gasteiger partial charge in [-0.3, -0.25) is 4.79 Å². The minimum Gasteiger partial charge on any atom is -0.383 e. The highest BCUT2D eigenvalue weighted by molar-refractivity contribution is 5.80. The minimum absolute atomic E-state index is 0.0808. The standard InChI is InChI=1S/C13H16N4O3/c1-19-8-7-14-11(18)9-15-13-16-12(20-17-13)10-5-3-2-4-6-10/h2-6H,7-9H2,1H3,(H,14,18)(H,15,17). The van der Waals surface area contributed by atoms with E-state index in [0.717, 1.165) is 5.56 Å². The molecule has 1 aromatic carbocycles. The monoisotopic (exact) mass is 276 g/mol. The van der Waals surface area contributed by atoms with Crippen molar-refractivity contribution in [2.24, 2.45) is 0 Å². The third-order valence-electron chi connectivity index (χ3n) is 2.48. The summed E-state index contributed by atoms with van der Waals surface area (Å²) in [6.07, 6.45) is 0. The summed E-state index contributed by atoms with van der Waals surface area (Å²) in [7, 11) is 1.58. The summed E-state index contributed by atoms with van der Waals surface area (Å²) in [6.45, 7) is 1.03. The number of rotatable bonds is 7. The van der Waals surface area contributed by atoms with Gasteiger partial charge in [0, 0.05) is 19.2 Å². The molecule has 1 heterocycles. The summed E-state index contributed by atoms with van der Waals surface area (Å²) in [5.74, 6) is 0.534. The number of nitrogens with zero attached hydrogens (tertiary/aromatic N) is 2. The molecule has 0 saturated carbocycles. The fourth-order valence-electron chi connectivity index (χ4n) is 1.51. The van der Waals surface area contributed by atoms with Crippen molar-refractivity contribution in [2.75, 3.05) is 32.1 Å². The van der Waals surface area contributed by atoms with Gasteiger partial charge in [-0.2, -0.15) is 4.98 Å². The Morgan fingerprint density at radius 3 is 2.90 bits per heavy atom. The Bertz CT molecular complexity index is 542. The lowest BCUT2D eigenvalue weighted by Gasteiger charge is -2.03. The summed E-state index contributed by atoms with van der Waals surface area (Å²) >= 11 is 0. The molecule has 0 fully saturated rings. The van der Waals surface area contributed by atoms with Crippen LogP contribution in [0.25, 0.3) is 11.5 Å². The lowest BCUT2D eigenvalue weighted by molar-refractivity contribution is -0.119. The predicted octanol–water partition coefficient (Wildman–Crippen LogP) is 0.911. The number of hydrogen-bond donors (Lipinski definition) is 2. The van der Waals surface area contributed by atoms with Gasteiger partial charge in [0.1, 0.15) is 0 Å². The van der Waals surface area contributed by atoms with Crippen molar-refractivity contribution in [1.82, 2.24) is 15.5 Å². The molecule has 0 spiro atoms. The van der Waals surface area contributed by atoms with E-state index in [1.165, 1.54) is 0 Å². The van der Waals surface area contributed by atoms with Gasteiger partial charge in [-0.15, -0.1) is 0 Å². The molecule has 0 bridgehead atoms. The number of benzene rings is 1. The van der Waals surface area contributed by atoms with Crippen LogP contribution in [0.5, 0.6) is 0 Å². The van der Waals surface area contributed by atoms with Gasteiger partial charge in [0.25, 0.3) is 11.8 Å². The molecule has 0 aliphatic carbocycles. The molecule has 7 nitrogen and oxygen atoms in total. The third kappa shape index (κ3) is 4.06. The molecular weight excluding hydrogens is 260 g/mol. The van der Waals surface area contributed by atoms with Crippen LogP contribution in [0.4, 0.5) is 5.95 Å². The molecule has 1 aromatic heterocycles. The van der Waals surface area contributed by atoms with Crippen LogP contribution in [0.3, 0.4) is 0 Å². The largest absolute Gasteiger partial charge is 0.383 e. The van der Waals surface area contributed by atoms with Crippen LogP contribution >= 0.6 is 0 Å². The zero-order valence-electron chi connectivity index (χ0n) is 11.1. The summed E-state index contributed by atoms with van der Waals surface area (Å²) in [4.78, 5) is 15.6. The van der Waals surface area contributed by atoms with Crippen LogP contribution in [-0.4, -0.2) is 42.9 Å². The van der Waals surface area contributed by atoms with E-state index in [2.05, 4.69) is 20.8 Å². The van der Waals surface area contributed by atoms with Crippen LogP contribution in [0, 0.1) is 0 Å². The molecule has 2 rings (SSSR count). The Kier molecular flexibility index (Phi) is 5.08. The highest BCUT2D eigenvalue weighted by atomic mass is 16.5. The van der Waals surface area contributed by atoms with Gasteiger partial charge < -0.3 is 19.9 Å². The van der Waals surface area contributed by atoms with Gasteiger partial charge >= 0.3 is 0 Å². The first-order chi connectivity index (χ1) is 9.79. The van der Waals surface area contributed by atoms with E-state index in [9.17, 15) is 4.79 Å². The average Bonchev–Trinajstić information content (AvgIpc) is 2.95. The van der Waals surface area contributed by atoms with Crippen molar-refractivity contribution in [1.29, 1.82) is 0 Å². The maximum atomic E-state index is 11.5. The molecule has 1 amide bonds. The third-order valence-corrected chi connectivity index (χ3v) is 2.48. The number of hydrogen-bond acceptors (Lipinski definition) is 6. The highest BCUT2D eigenvalue weighted by Crippen LogP contribution is 2.17. The van der Waals surface area contributed by atoms with Gasteiger partial charge in [-0.05, 0) is 17.3 Å². The summed E-state index contributed by atoms with van der Waals surface area (Å²) in [5, 5.41) is 9.23. The first-order valence-corrected chi connectivity index (χ1v) is 6.18. The van der Waals surface area contributed by atoms with Crippen LogP contribution in [0.1, 0.15) is 0 Å². The molecule has 0 aliphatic rings. The zero-order chi connectivity index (χ0) is 14.2. The predicted molar refractivity (Wildman–Crippen MR) is 73.1 cm³/mol. The molecular formula is C13H16N4O3. The SMILES string of the molecule is COCCNC(=O)CNc1noc(-c2ccccc2)n1. The Labute approximate surface area is 116 Å². The highest BCUT2D eigenvalue weighted by Gasteiger charge is 2.09. The number of amides is 1. The first-order valence-electron chi connectivity index (χ1n) is 6.18. The van der Waals surface area contributed by atoms with Crippen LogP contribution in [0.15, 0.2) is 34.9 Å². The number of anilines is 1. The van der Waals surface area contributed by atoms with Crippen molar-refractivity contribution >= 4 is 11.9 Å². The number of aromatic nitrogens is 2. The number of carbonyl (C=O) groups is 1. The lowest BCUT2D eigenvalue weighted by Crippen LogP contribution is -2.32. The number of carbonyl (C=O) groups excluding carboxylic acids is 1. The van der Waals surface area contributed by atoms with E-state index in [1.807, 2.05) is 30.3 Å². The molecule has 0 unspecified atom stereocenters. The van der Waals surface area contributed by atoms with Gasteiger partial charge in [-0.25, -0.2) is 0 Å². The molecule has 106 valence electrons. The Balaban J connectivity index is 1.83. The van der Waals surface area contributed by atoms with Crippen LogP contribution < -0.4 is 10.6 Å². The molecule has 2 aromatic rings. The summed E-state index contributed by atoms with van der Waals surface area (Å²) in [5.41, 5.74) is 0.831. The van der Waals surface area contributed by atoms with E-state index in [1.54, 1.807) is 7.11 Å². The number of methoxy groups -OCH3 is 1. The van der Waals surface area contributed by atoms with Gasteiger partial charge in [0.05, 0.1) is 13.2 Å². The van der Waals surface area contributed by atoms with Crippen LogP contribution in [0.2, 0.25) is 0 Å². The van der Waals surface area contributed by atoms with E-state index in [4.69, 9.17) is 9.26 Å². The van der Waals surface area contributed by atoms with E-state index in [0.29, 0.717) is 19.0 Å². The maximum Gasteiger partial charge on any atom is 0.264 e. The summed E-state index contributed by atoms with van der Waals surface area (Å²) < 4.78 is 9.94. The van der Waals surface area contributed by atoms with Crippen LogP contribution in [-0.2, 0) is 9.53 Å². The fourth-order valence-corrected chi connectivity index (χ4v) is 1.51. The second-order valence-corrected chi connectivity index (χ2v) is 3.99. The molecule has 0 radical (unpaired) electrons. The van der Waals surface area contributed by atoms with Gasteiger partial charge in [0.2, 0.25) is 5.91 Å². The number of ether oxygens (including phenoxy) is 1. The molecule has 0 atom stereocenters. The van der Waals surface area contributed by atoms with Crippen molar-refractivity contribution in [3.8, 4) is 11.5 Å². The second-order valence-electron chi connectivity index (χ2n) is 3.99. The molecule has 0 saturated heterocycles. The Morgan fingerprint density at radius 1 is 1.35 bits per heavy atom. The minimum atomic E-state index is -0.159. The van der Waals surface area contributed by atoms with Gasteiger partial charge in [0.15, 0.2) is 0 Å². The number of nitrogens with one attached hydrogen (secondary N) is 2. The fraction of sp³-hybridized carbons (Fsp3) is 0.308. The Hall–Kier alpha value is -2.41. The van der Waals surface area contributed by atoms with E-state index < -0.39 is 0 Å². The maximum absolute atomic E-state index is 11.5. The molecule has 7 heteroatoms. The van der Waals surface area contributed by atoms with Crippen molar-refractivity contribution in [2.45, 2.75) is 0 Å². The summed E-state index contributed by atoms with van der Waals surface area (Å²) in [6, 6.07) is 9.42. The van der Waals surface area contributed by atoms with Crippen molar-refractivity contribution < 1.29 is 14.1 Å². The molecule has 0 aliphatic heterocycles. The average molecular weight is 276 g/mol. The topological polar surface area (TPSA) is 89.3 Å². The Morgan fingerprint density at radius 2 is 2.15 bits per heavy atom. The van der Waals surface area contributed by atoms with Crippen molar-refractivity contribution in [3.63, 3.8) is 0 Å².